The van der Waals surface area contributed by atoms with Gasteiger partial charge in [0.1, 0.15) is 13.1 Å². The average molecular weight is 243 g/mol. The van der Waals surface area contributed by atoms with E-state index in [1.807, 2.05) is 0 Å². The molecule has 0 bridgehead atoms. The highest BCUT2D eigenvalue weighted by molar-refractivity contribution is 5.94. The standard InChI is InChI=1S/C10H17N3O4/c1-2-12-6-10(17)13(7-9(12)16)5-8(15)11-3-4-14/h14H,2-7H2,1H3,(H,11,15). The summed E-state index contributed by atoms with van der Waals surface area (Å²) in [5.41, 5.74) is 0. The van der Waals surface area contributed by atoms with Crippen molar-refractivity contribution in [1.82, 2.24) is 15.1 Å². The van der Waals surface area contributed by atoms with Crippen LogP contribution >= 0.6 is 0 Å². The van der Waals surface area contributed by atoms with Gasteiger partial charge in [0.25, 0.3) is 0 Å². The van der Waals surface area contributed by atoms with Crippen molar-refractivity contribution in [3.63, 3.8) is 0 Å². The van der Waals surface area contributed by atoms with Crippen LogP contribution in [0.1, 0.15) is 6.92 Å². The molecule has 0 spiro atoms. The molecule has 1 heterocycles. The normalized spacial score (nSPS) is 16.4. The van der Waals surface area contributed by atoms with E-state index in [1.54, 1.807) is 6.92 Å². The van der Waals surface area contributed by atoms with Gasteiger partial charge >= 0.3 is 0 Å². The van der Waals surface area contributed by atoms with Crippen LogP contribution < -0.4 is 5.32 Å². The number of amides is 3. The zero-order valence-corrected chi connectivity index (χ0v) is 9.81. The van der Waals surface area contributed by atoms with Crippen LogP contribution in [0.25, 0.3) is 0 Å². The number of hydrogen-bond donors (Lipinski definition) is 2. The molecule has 1 saturated heterocycles. The summed E-state index contributed by atoms with van der Waals surface area (Å²) >= 11 is 0. The van der Waals surface area contributed by atoms with Crippen LogP contribution in [0, 0.1) is 0 Å². The van der Waals surface area contributed by atoms with Crippen LogP contribution in [-0.4, -0.2) is 72.0 Å². The van der Waals surface area contributed by atoms with Crippen molar-refractivity contribution in [3.8, 4) is 0 Å². The second kappa shape index (κ2) is 6.19. The van der Waals surface area contributed by atoms with E-state index in [9.17, 15) is 14.4 Å². The minimum absolute atomic E-state index is 0.0304. The van der Waals surface area contributed by atoms with Crippen LogP contribution in [-0.2, 0) is 14.4 Å². The molecule has 0 atom stereocenters. The van der Waals surface area contributed by atoms with E-state index < -0.39 is 0 Å². The molecule has 7 heteroatoms. The number of aliphatic hydroxyl groups excluding tert-OH is 1. The van der Waals surface area contributed by atoms with Gasteiger partial charge in [0.15, 0.2) is 0 Å². The predicted molar refractivity (Wildman–Crippen MR) is 58.9 cm³/mol. The molecule has 0 radical (unpaired) electrons. The molecule has 7 nitrogen and oxygen atoms in total. The Hall–Kier alpha value is -1.63. The van der Waals surface area contributed by atoms with Crippen LogP contribution in [0.2, 0.25) is 0 Å². The fourth-order valence-electron chi connectivity index (χ4n) is 1.56. The van der Waals surface area contributed by atoms with Crippen molar-refractivity contribution in [2.75, 3.05) is 39.3 Å². The molecule has 17 heavy (non-hydrogen) atoms. The lowest BCUT2D eigenvalue weighted by Gasteiger charge is -2.32. The molecule has 0 aromatic rings. The minimum atomic E-state index is -0.370. The van der Waals surface area contributed by atoms with Crippen molar-refractivity contribution < 1.29 is 19.5 Å². The van der Waals surface area contributed by atoms with Gasteiger partial charge in [-0.3, -0.25) is 14.4 Å². The van der Waals surface area contributed by atoms with Gasteiger partial charge in [-0.05, 0) is 6.92 Å². The van der Waals surface area contributed by atoms with Crippen molar-refractivity contribution in [2.45, 2.75) is 6.92 Å². The number of nitrogens with one attached hydrogen (secondary N) is 1. The highest BCUT2D eigenvalue weighted by Gasteiger charge is 2.29. The van der Waals surface area contributed by atoms with Crippen molar-refractivity contribution in [2.24, 2.45) is 0 Å². The van der Waals surface area contributed by atoms with E-state index in [1.165, 1.54) is 9.80 Å². The molecular formula is C10H17N3O4. The van der Waals surface area contributed by atoms with Crippen LogP contribution in [0.4, 0.5) is 0 Å². The van der Waals surface area contributed by atoms with Crippen molar-refractivity contribution in [3.05, 3.63) is 0 Å². The molecule has 1 aliphatic rings. The average Bonchev–Trinajstić information content (AvgIpc) is 2.30. The Morgan fingerprint density at radius 3 is 2.47 bits per heavy atom. The largest absolute Gasteiger partial charge is 0.395 e. The number of hydrogen-bond acceptors (Lipinski definition) is 4. The maximum atomic E-state index is 11.6. The van der Waals surface area contributed by atoms with E-state index in [2.05, 4.69) is 5.32 Å². The highest BCUT2D eigenvalue weighted by Crippen LogP contribution is 2.03. The zero-order chi connectivity index (χ0) is 12.8. The predicted octanol–water partition coefficient (Wildman–Crippen LogP) is -2.21. The van der Waals surface area contributed by atoms with E-state index in [4.69, 9.17) is 5.11 Å². The van der Waals surface area contributed by atoms with Gasteiger partial charge < -0.3 is 20.2 Å². The van der Waals surface area contributed by atoms with E-state index in [0.29, 0.717) is 6.54 Å². The Labute approximate surface area is 99.4 Å². The number of rotatable bonds is 5. The van der Waals surface area contributed by atoms with E-state index in [-0.39, 0.29) is 50.5 Å². The first-order valence-corrected chi connectivity index (χ1v) is 5.51. The Kier molecular flexibility index (Phi) is 4.89. The topological polar surface area (TPSA) is 90.0 Å². The molecule has 3 amide bonds. The Morgan fingerprint density at radius 1 is 1.29 bits per heavy atom. The smallest absolute Gasteiger partial charge is 0.243 e. The summed E-state index contributed by atoms with van der Waals surface area (Å²) in [4.78, 5) is 37.2. The summed E-state index contributed by atoms with van der Waals surface area (Å²) in [7, 11) is 0. The Bertz CT molecular complexity index is 319. The third-order valence-electron chi connectivity index (χ3n) is 2.51. The molecule has 0 saturated carbocycles. The molecule has 0 aliphatic carbocycles. The van der Waals surface area contributed by atoms with Gasteiger partial charge in [-0.15, -0.1) is 0 Å². The van der Waals surface area contributed by atoms with Crippen LogP contribution in [0.3, 0.4) is 0 Å². The summed E-state index contributed by atoms with van der Waals surface area (Å²) < 4.78 is 0. The van der Waals surface area contributed by atoms with Gasteiger partial charge in [0.2, 0.25) is 17.7 Å². The monoisotopic (exact) mass is 243 g/mol. The maximum Gasteiger partial charge on any atom is 0.243 e. The highest BCUT2D eigenvalue weighted by atomic mass is 16.3. The number of nitrogens with zero attached hydrogens (tertiary/aromatic N) is 2. The fraction of sp³-hybridized carbons (Fsp3) is 0.700. The number of carbonyl (C=O) groups excluding carboxylic acids is 3. The quantitative estimate of drug-likeness (QED) is 0.572. The van der Waals surface area contributed by atoms with E-state index >= 15 is 0 Å². The molecular weight excluding hydrogens is 226 g/mol. The van der Waals surface area contributed by atoms with Gasteiger partial charge in [0.05, 0.1) is 13.2 Å². The lowest BCUT2D eigenvalue weighted by Crippen LogP contribution is -2.55. The number of piperazine rings is 1. The molecule has 0 aromatic carbocycles. The van der Waals surface area contributed by atoms with Crippen molar-refractivity contribution in [1.29, 1.82) is 0 Å². The maximum absolute atomic E-state index is 11.6. The van der Waals surface area contributed by atoms with E-state index in [0.717, 1.165) is 0 Å². The Morgan fingerprint density at radius 2 is 1.88 bits per heavy atom. The second-order valence-corrected chi connectivity index (χ2v) is 3.73. The summed E-state index contributed by atoms with van der Waals surface area (Å²) in [5.74, 6) is -0.752. The van der Waals surface area contributed by atoms with Crippen LogP contribution in [0.15, 0.2) is 0 Å². The molecule has 0 unspecified atom stereocenters. The number of carbonyl (C=O) groups is 3. The number of aliphatic hydroxyl groups is 1. The van der Waals surface area contributed by atoms with Gasteiger partial charge in [0, 0.05) is 13.1 Å². The first-order valence-electron chi connectivity index (χ1n) is 5.51. The lowest BCUT2D eigenvalue weighted by atomic mass is 10.3. The van der Waals surface area contributed by atoms with Crippen molar-refractivity contribution >= 4 is 17.7 Å². The molecule has 2 N–H and O–H groups in total. The third-order valence-corrected chi connectivity index (χ3v) is 2.51. The molecule has 1 aliphatic heterocycles. The first-order chi connectivity index (χ1) is 8.08. The molecule has 1 fully saturated rings. The molecule has 1 rings (SSSR count). The molecule has 0 aromatic heterocycles. The summed E-state index contributed by atoms with van der Waals surface area (Å²) in [5, 5.41) is 11.0. The first kappa shape index (κ1) is 13.4. The summed E-state index contributed by atoms with van der Waals surface area (Å²) in [6, 6.07) is 0. The summed E-state index contributed by atoms with van der Waals surface area (Å²) in [6.45, 7) is 2.13. The second-order valence-electron chi connectivity index (χ2n) is 3.73. The fourth-order valence-corrected chi connectivity index (χ4v) is 1.56. The molecule has 96 valence electrons. The van der Waals surface area contributed by atoms with Gasteiger partial charge in [-0.2, -0.15) is 0 Å². The SMILES string of the molecule is CCN1CC(=O)N(CC(=O)NCCO)CC1=O. The zero-order valence-electron chi connectivity index (χ0n) is 9.81. The summed E-state index contributed by atoms with van der Waals surface area (Å²) in [6.07, 6.45) is 0. The minimum Gasteiger partial charge on any atom is -0.395 e. The Balaban J connectivity index is 2.47. The lowest BCUT2D eigenvalue weighted by molar-refractivity contribution is -0.151. The van der Waals surface area contributed by atoms with Crippen LogP contribution in [0.5, 0.6) is 0 Å². The van der Waals surface area contributed by atoms with Gasteiger partial charge in [-0.1, -0.05) is 0 Å². The van der Waals surface area contributed by atoms with Gasteiger partial charge in [-0.25, -0.2) is 0 Å². The third kappa shape index (κ3) is 3.70. The number of likely N-dealkylation sites (N-methyl/N-ethyl adjacent to an activating group) is 1.